The van der Waals surface area contributed by atoms with Gasteiger partial charge in [0.05, 0.1) is 6.20 Å². The molecule has 0 bridgehead atoms. The van der Waals surface area contributed by atoms with E-state index in [1.807, 2.05) is 0 Å². The fraction of sp³-hybridized carbons (Fsp3) is 0.375. The first-order valence-corrected chi connectivity index (χ1v) is 8.28. The molecule has 5 nitrogen and oxygen atoms in total. The van der Waals surface area contributed by atoms with Crippen LogP contribution in [0.25, 0.3) is 0 Å². The Balaban J connectivity index is 1.78. The van der Waals surface area contributed by atoms with Crippen LogP contribution in [0.5, 0.6) is 0 Å². The largest absolute Gasteiger partial charge is 0.369 e. The number of hydrogen-bond acceptors (Lipinski definition) is 5. The van der Waals surface area contributed by atoms with Gasteiger partial charge in [-0.05, 0) is 49.3 Å². The normalized spacial score (nSPS) is 15.7. The Morgan fingerprint density at radius 1 is 1.13 bits per heavy atom. The molecule has 2 aromatic rings. The van der Waals surface area contributed by atoms with Crippen molar-refractivity contribution in [3.05, 3.63) is 40.3 Å². The monoisotopic (exact) mass is 351 g/mol. The maximum Gasteiger partial charge on any atom is 0.224 e. The smallest absolute Gasteiger partial charge is 0.224 e. The first kappa shape index (κ1) is 16.3. The Hall–Kier alpha value is -1.56. The van der Waals surface area contributed by atoms with Crippen LogP contribution in [0.15, 0.2) is 24.4 Å². The van der Waals surface area contributed by atoms with Crippen molar-refractivity contribution >= 4 is 40.4 Å². The summed E-state index contributed by atoms with van der Waals surface area (Å²) in [6, 6.07) is 6.36. The number of anilines is 3. The van der Waals surface area contributed by atoms with Gasteiger partial charge in [-0.2, -0.15) is 4.98 Å². The third-order valence-corrected chi connectivity index (χ3v) is 4.50. The van der Waals surface area contributed by atoms with Gasteiger partial charge in [0.1, 0.15) is 5.02 Å². The van der Waals surface area contributed by atoms with Crippen LogP contribution in [0.4, 0.5) is 17.2 Å². The van der Waals surface area contributed by atoms with Gasteiger partial charge in [-0.1, -0.05) is 11.6 Å². The molecule has 122 valence electrons. The lowest BCUT2D eigenvalue weighted by molar-refractivity contribution is 0.313. The van der Waals surface area contributed by atoms with Gasteiger partial charge >= 0.3 is 0 Å². The van der Waals surface area contributed by atoms with Crippen LogP contribution in [-0.2, 0) is 0 Å². The maximum absolute atomic E-state index is 6.11. The molecule has 1 aromatic carbocycles. The number of nitrogens with one attached hydrogen (secondary N) is 1. The van der Waals surface area contributed by atoms with E-state index in [1.165, 1.54) is 11.9 Å². The van der Waals surface area contributed by atoms with Crippen molar-refractivity contribution in [2.45, 2.75) is 6.92 Å². The number of halogens is 2. The summed E-state index contributed by atoms with van der Waals surface area (Å²) in [5.41, 5.74) is 3.33. The lowest BCUT2D eigenvalue weighted by Crippen LogP contribution is -2.44. The number of likely N-dealkylation sites (N-methyl/N-ethyl adjacent to an activating group) is 1. The molecule has 0 saturated carbocycles. The van der Waals surface area contributed by atoms with E-state index in [0.29, 0.717) is 10.8 Å². The van der Waals surface area contributed by atoms with Gasteiger partial charge in [0.2, 0.25) is 5.28 Å². The minimum atomic E-state index is 0.170. The average Bonchev–Trinajstić information content (AvgIpc) is 2.53. The molecule has 0 aliphatic carbocycles. The predicted octanol–water partition coefficient (Wildman–Crippen LogP) is 3.59. The third kappa shape index (κ3) is 3.86. The SMILES string of the molecule is Cc1cc(N2CCN(C)CC2)ccc1Nc1nc(Cl)ncc1Cl. The second-order valence-corrected chi connectivity index (χ2v) is 6.50. The van der Waals surface area contributed by atoms with Crippen molar-refractivity contribution in [2.75, 3.05) is 43.4 Å². The van der Waals surface area contributed by atoms with Crippen molar-refractivity contribution in [1.82, 2.24) is 14.9 Å². The van der Waals surface area contributed by atoms with E-state index in [1.54, 1.807) is 0 Å². The molecule has 0 atom stereocenters. The topological polar surface area (TPSA) is 44.3 Å². The van der Waals surface area contributed by atoms with Gasteiger partial charge in [-0.15, -0.1) is 0 Å². The number of piperazine rings is 1. The van der Waals surface area contributed by atoms with E-state index in [0.717, 1.165) is 37.4 Å². The highest BCUT2D eigenvalue weighted by atomic mass is 35.5. The van der Waals surface area contributed by atoms with E-state index in [-0.39, 0.29) is 5.28 Å². The summed E-state index contributed by atoms with van der Waals surface area (Å²) in [5.74, 6) is 0.516. The van der Waals surface area contributed by atoms with Gasteiger partial charge in [0.25, 0.3) is 0 Å². The highest BCUT2D eigenvalue weighted by molar-refractivity contribution is 6.33. The molecule has 0 radical (unpaired) electrons. The van der Waals surface area contributed by atoms with E-state index in [4.69, 9.17) is 23.2 Å². The zero-order chi connectivity index (χ0) is 16.4. The number of aryl methyl sites for hydroxylation is 1. The average molecular weight is 352 g/mol. The van der Waals surface area contributed by atoms with Crippen LogP contribution in [0.2, 0.25) is 10.3 Å². The number of nitrogens with zero attached hydrogens (tertiary/aromatic N) is 4. The quantitative estimate of drug-likeness (QED) is 0.856. The Labute approximate surface area is 146 Å². The van der Waals surface area contributed by atoms with Crippen molar-refractivity contribution in [2.24, 2.45) is 0 Å². The molecule has 1 aliphatic heterocycles. The summed E-state index contributed by atoms with van der Waals surface area (Å²) in [5, 5.41) is 3.84. The van der Waals surface area contributed by atoms with Crippen LogP contribution >= 0.6 is 23.2 Å². The predicted molar refractivity (Wildman–Crippen MR) is 96.2 cm³/mol. The molecule has 0 spiro atoms. The van der Waals surface area contributed by atoms with Crippen molar-refractivity contribution in [1.29, 1.82) is 0 Å². The molecule has 3 rings (SSSR count). The van der Waals surface area contributed by atoms with Gasteiger partial charge in [-0.25, -0.2) is 4.98 Å². The molecule has 1 aromatic heterocycles. The molecule has 0 amide bonds. The molecule has 7 heteroatoms. The second kappa shape index (κ2) is 6.91. The summed E-state index contributed by atoms with van der Waals surface area (Å²) < 4.78 is 0. The highest BCUT2D eigenvalue weighted by Crippen LogP contribution is 2.28. The minimum Gasteiger partial charge on any atom is -0.369 e. The van der Waals surface area contributed by atoms with Crippen LogP contribution in [0, 0.1) is 6.92 Å². The Morgan fingerprint density at radius 3 is 2.57 bits per heavy atom. The zero-order valence-electron chi connectivity index (χ0n) is 13.2. The third-order valence-electron chi connectivity index (χ3n) is 4.05. The molecular weight excluding hydrogens is 333 g/mol. The van der Waals surface area contributed by atoms with E-state index in [9.17, 15) is 0 Å². The molecule has 1 fully saturated rings. The number of hydrogen-bond donors (Lipinski definition) is 1. The van der Waals surface area contributed by atoms with Crippen molar-refractivity contribution < 1.29 is 0 Å². The number of rotatable bonds is 3. The molecule has 2 heterocycles. The van der Waals surface area contributed by atoms with E-state index >= 15 is 0 Å². The second-order valence-electron chi connectivity index (χ2n) is 5.75. The lowest BCUT2D eigenvalue weighted by atomic mass is 10.1. The van der Waals surface area contributed by atoms with E-state index < -0.39 is 0 Å². The summed E-state index contributed by atoms with van der Waals surface area (Å²) in [6.45, 7) is 6.35. The fourth-order valence-corrected chi connectivity index (χ4v) is 2.88. The molecule has 23 heavy (non-hydrogen) atoms. The summed E-state index contributed by atoms with van der Waals surface area (Å²) in [6.07, 6.45) is 1.49. The summed E-state index contributed by atoms with van der Waals surface area (Å²) in [4.78, 5) is 12.7. The van der Waals surface area contributed by atoms with E-state index in [2.05, 4.69) is 57.3 Å². The highest BCUT2D eigenvalue weighted by Gasteiger charge is 2.15. The molecular formula is C16H19Cl2N5. The van der Waals surface area contributed by atoms with Crippen LogP contribution in [0.1, 0.15) is 5.56 Å². The fourth-order valence-electron chi connectivity index (χ4n) is 2.61. The number of benzene rings is 1. The van der Waals surface area contributed by atoms with Crippen LogP contribution < -0.4 is 10.2 Å². The van der Waals surface area contributed by atoms with Crippen LogP contribution in [0.3, 0.4) is 0 Å². The lowest BCUT2D eigenvalue weighted by Gasteiger charge is -2.34. The summed E-state index contributed by atoms with van der Waals surface area (Å²) >= 11 is 11.9. The first-order valence-electron chi connectivity index (χ1n) is 7.52. The van der Waals surface area contributed by atoms with Crippen molar-refractivity contribution in [3.63, 3.8) is 0 Å². The Kier molecular flexibility index (Phi) is 4.90. The number of aromatic nitrogens is 2. The minimum absolute atomic E-state index is 0.170. The molecule has 1 N–H and O–H groups in total. The maximum atomic E-state index is 6.11. The van der Waals surface area contributed by atoms with Crippen molar-refractivity contribution in [3.8, 4) is 0 Å². The molecule has 0 unspecified atom stereocenters. The Morgan fingerprint density at radius 2 is 1.87 bits per heavy atom. The van der Waals surface area contributed by atoms with Gasteiger partial charge in [0, 0.05) is 37.6 Å². The van der Waals surface area contributed by atoms with Gasteiger partial charge in [-0.3, -0.25) is 0 Å². The summed E-state index contributed by atoms with van der Waals surface area (Å²) in [7, 11) is 2.16. The Bertz CT molecular complexity index is 699. The first-order chi connectivity index (χ1) is 11.0. The zero-order valence-corrected chi connectivity index (χ0v) is 14.7. The molecule has 1 saturated heterocycles. The van der Waals surface area contributed by atoms with Gasteiger partial charge in [0.15, 0.2) is 5.82 Å². The van der Waals surface area contributed by atoms with Crippen LogP contribution in [-0.4, -0.2) is 48.1 Å². The van der Waals surface area contributed by atoms with Gasteiger partial charge < -0.3 is 15.1 Å². The molecule has 1 aliphatic rings. The standard InChI is InChI=1S/C16H19Cl2N5/c1-11-9-12(23-7-5-22(2)6-8-23)3-4-14(11)20-15-13(17)10-19-16(18)21-15/h3-4,9-10H,5-8H2,1-2H3,(H,19,20,21).